The number of benzene rings is 3. The van der Waals surface area contributed by atoms with Gasteiger partial charge in [0.05, 0.1) is 17.7 Å². The van der Waals surface area contributed by atoms with Crippen LogP contribution in [0.25, 0.3) is 11.1 Å². The first-order valence-electron chi connectivity index (χ1n) is 16.6. The highest BCUT2D eigenvalue weighted by Gasteiger charge is 2.46. The average Bonchev–Trinajstić information content (AvgIpc) is 3.05. The van der Waals surface area contributed by atoms with Crippen molar-refractivity contribution in [2.45, 2.75) is 104 Å². The maximum atomic E-state index is 13.7. The van der Waals surface area contributed by atoms with Crippen LogP contribution in [0.5, 0.6) is 11.5 Å². The van der Waals surface area contributed by atoms with Crippen LogP contribution in [0.3, 0.4) is 0 Å². The molecule has 0 radical (unpaired) electrons. The van der Waals surface area contributed by atoms with Crippen LogP contribution in [0.15, 0.2) is 72.8 Å². The summed E-state index contributed by atoms with van der Waals surface area (Å²) in [6.07, 6.45) is 4.14. The van der Waals surface area contributed by atoms with Crippen LogP contribution in [-0.4, -0.2) is 30.8 Å². The number of rotatable bonds is 19. The molecule has 3 aromatic carbocycles. The summed E-state index contributed by atoms with van der Waals surface area (Å²) in [7, 11) is 0. The molecule has 0 saturated heterocycles. The first-order valence-corrected chi connectivity index (χ1v) is 16.6. The van der Waals surface area contributed by atoms with Gasteiger partial charge in [0, 0.05) is 5.92 Å². The average molecular weight is 641 g/mol. The Balaban J connectivity index is 1.50. The monoisotopic (exact) mass is 640 g/mol. The lowest BCUT2D eigenvalue weighted by Gasteiger charge is -2.26. The molecule has 0 aromatic heterocycles. The smallest absolute Gasteiger partial charge is 0.425 e. The van der Waals surface area contributed by atoms with Gasteiger partial charge in [-0.1, -0.05) is 103 Å². The van der Waals surface area contributed by atoms with E-state index >= 15 is 0 Å². The summed E-state index contributed by atoms with van der Waals surface area (Å²) >= 11 is 0. The van der Waals surface area contributed by atoms with Crippen molar-refractivity contribution in [3.05, 3.63) is 83.9 Å². The summed E-state index contributed by atoms with van der Waals surface area (Å²) < 4.78 is 57.2. The number of hydrogen-bond donors (Lipinski definition) is 0. The van der Waals surface area contributed by atoms with Gasteiger partial charge in [0.25, 0.3) is 0 Å². The van der Waals surface area contributed by atoms with Crippen LogP contribution in [0.2, 0.25) is 0 Å². The zero-order valence-electron chi connectivity index (χ0n) is 27.2. The Hall–Kier alpha value is -3.81. The molecule has 46 heavy (non-hydrogen) atoms. The molecule has 0 saturated carbocycles. The largest absolute Gasteiger partial charge is 0.494 e. The first kappa shape index (κ1) is 36.7. The maximum absolute atomic E-state index is 13.7. The predicted octanol–water partition coefficient (Wildman–Crippen LogP) is 11.0. The van der Waals surface area contributed by atoms with Gasteiger partial charge in [-0.25, -0.2) is 9.59 Å². The van der Waals surface area contributed by atoms with E-state index in [0.717, 1.165) is 42.6 Å². The molecule has 5 nitrogen and oxygen atoms in total. The fourth-order valence-electron chi connectivity index (χ4n) is 5.17. The van der Waals surface area contributed by atoms with E-state index in [0.29, 0.717) is 25.0 Å². The van der Waals surface area contributed by atoms with Gasteiger partial charge in [0.15, 0.2) is 6.10 Å². The number of carbonyl (C=O) groups excluding carboxylic acids is 2. The Morgan fingerprint density at radius 2 is 1.11 bits per heavy atom. The molecular formula is C38H47F3O5. The van der Waals surface area contributed by atoms with E-state index in [1.54, 1.807) is 12.1 Å². The van der Waals surface area contributed by atoms with Crippen LogP contribution >= 0.6 is 0 Å². The third kappa shape index (κ3) is 12.2. The summed E-state index contributed by atoms with van der Waals surface area (Å²) in [6, 6.07) is 20.1. The lowest BCUT2D eigenvalue weighted by Crippen LogP contribution is -2.39. The number of ether oxygens (including phenoxy) is 3. The molecule has 8 heteroatoms. The fraction of sp³-hybridized carbons (Fsp3) is 0.474. The van der Waals surface area contributed by atoms with Gasteiger partial charge in [-0.15, -0.1) is 0 Å². The number of unbranched alkanes of at least 4 members (excludes halogenated alkanes) is 8. The lowest BCUT2D eigenvalue weighted by atomic mass is 9.96. The molecule has 0 aliphatic heterocycles. The Morgan fingerprint density at radius 1 is 0.630 bits per heavy atom. The molecule has 0 unspecified atom stereocenters. The van der Waals surface area contributed by atoms with Crippen molar-refractivity contribution in [2.75, 3.05) is 6.61 Å². The van der Waals surface area contributed by atoms with Crippen molar-refractivity contribution in [1.29, 1.82) is 0 Å². The molecule has 0 aliphatic carbocycles. The Morgan fingerprint density at radius 3 is 1.70 bits per heavy atom. The predicted molar refractivity (Wildman–Crippen MR) is 175 cm³/mol. The second-order valence-corrected chi connectivity index (χ2v) is 11.8. The van der Waals surface area contributed by atoms with Crippen LogP contribution in [0.4, 0.5) is 13.2 Å². The van der Waals surface area contributed by atoms with E-state index in [2.05, 4.69) is 6.92 Å². The second kappa shape index (κ2) is 19.0. The lowest BCUT2D eigenvalue weighted by molar-refractivity contribution is -0.218. The maximum Gasteiger partial charge on any atom is 0.425 e. The minimum atomic E-state index is -4.67. The molecule has 0 fully saturated rings. The van der Waals surface area contributed by atoms with E-state index in [4.69, 9.17) is 14.2 Å². The van der Waals surface area contributed by atoms with Crippen molar-refractivity contribution in [3.63, 3.8) is 0 Å². The summed E-state index contributed by atoms with van der Waals surface area (Å²) in [5.41, 5.74) is 2.17. The van der Waals surface area contributed by atoms with Gasteiger partial charge in [0.1, 0.15) is 11.5 Å². The highest BCUT2D eigenvalue weighted by atomic mass is 19.4. The molecule has 0 bridgehead atoms. The van der Waals surface area contributed by atoms with E-state index in [9.17, 15) is 22.8 Å². The van der Waals surface area contributed by atoms with Gasteiger partial charge in [-0.3, -0.25) is 0 Å². The van der Waals surface area contributed by atoms with Gasteiger partial charge in [-0.05, 0) is 72.5 Å². The minimum Gasteiger partial charge on any atom is -0.494 e. The summed E-state index contributed by atoms with van der Waals surface area (Å²) in [5, 5.41) is 0. The molecule has 0 N–H and O–H groups in total. The number of alkyl halides is 3. The topological polar surface area (TPSA) is 61.8 Å². The first-order chi connectivity index (χ1) is 22.1. The minimum absolute atomic E-state index is 0.0598. The van der Waals surface area contributed by atoms with Crippen molar-refractivity contribution < 1.29 is 37.0 Å². The van der Waals surface area contributed by atoms with Gasteiger partial charge < -0.3 is 14.2 Å². The number of halogens is 3. The molecule has 0 aliphatic rings. The number of esters is 2. The normalized spacial score (nSPS) is 12.7. The molecule has 0 amide bonds. The van der Waals surface area contributed by atoms with Gasteiger partial charge in [0.2, 0.25) is 0 Å². The Labute approximate surface area is 271 Å². The van der Waals surface area contributed by atoms with E-state index < -0.39 is 30.1 Å². The van der Waals surface area contributed by atoms with Gasteiger partial charge >= 0.3 is 18.1 Å². The quantitative estimate of drug-likeness (QED) is 0.0741. The molecule has 250 valence electrons. The summed E-state index contributed by atoms with van der Waals surface area (Å²) in [5.74, 6) is -1.56. The molecule has 3 aromatic rings. The SMILES string of the molecule is CCCCCCCCOc1ccc(-c2ccc(C(=O)Oc3ccc(C(=O)O[C@H]([C@H](C)CCCCCC)C(F)(F)F)cc3)cc2)cc1. The van der Waals surface area contributed by atoms with E-state index in [1.807, 2.05) is 43.3 Å². The zero-order chi connectivity index (χ0) is 33.4. The van der Waals surface area contributed by atoms with Crippen LogP contribution in [-0.2, 0) is 4.74 Å². The van der Waals surface area contributed by atoms with Gasteiger partial charge in [-0.2, -0.15) is 13.2 Å². The number of hydrogen-bond acceptors (Lipinski definition) is 5. The highest BCUT2D eigenvalue weighted by molar-refractivity contribution is 5.92. The standard InChI is InChI=1S/C38H47F3O5/c1-4-6-8-10-11-13-27-44-33-23-19-30(20-24-33)29-15-17-31(18-16-29)36(42)45-34-25-21-32(22-26-34)37(43)46-35(38(39,40)41)28(3)14-12-9-7-5-2/h15-26,28,35H,4-14,27H2,1-3H3/t28-,35-/m1/s1. The van der Waals surface area contributed by atoms with Crippen LogP contribution in [0.1, 0.15) is 112 Å². The highest BCUT2D eigenvalue weighted by Crippen LogP contribution is 2.32. The van der Waals surface area contributed by atoms with E-state index in [-0.39, 0.29) is 11.3 Å². The van der Waals surface area contributed by atoms with E-state index in [1.165, 1.54) is 63.3 Å². The van der Waals surface area contributed by atoms with Crippen molar-refractivity contribution in [2.24, 2.45) is 5.92 Å². The molecular weight excluding hydrogens is 593 g/mol. The van der Waals surface area contributed by atoms with Crippen molar-refractivity contribution in [3.8, 4) is 22.6 Å². The van der Waals surface area contributed by atoms with Crippen molar-refractivity contribution in [1.82, 2.24) is 0 Å². The second-order valence-electron chi connectivity index (χ2n) is 11.8. The summed E-state index contributed by atoms with van der Waals surface area (Å²) in [6.45, 7) is 6.39. The zero-order valence-corrected chi connectivity index (χ0v) is 27.2. The Kier molecular flexibility index (Phi) is 15.1. The van der Waals surface area contributed by atoms with Crippen molar-refractivity contribution >= 4 is 11.9 Å². The fourth-order valence-corrected chi connectivity index (χ4v) is 5.17. The molecule has 2 atom stereocenters. The molecule has 0 heterocycles. The summed E-state index contributed by atoms with van der Waals surface area (Å²) in [4.78, 5) is 25.3. The third-order valence-electron chi connectivity index (χ3n) is 7.96. The number of carbonyl (C=O) groups is 2. The third-order valence-corrected chi connectivity index (χ3v) is 7.96. The molecule has 3 rings (SSSR count). The van der Waals surface area contributed by atoms with Crippen LogP contribution < -0.4 is 9.47 Å². The molecule has 0 spiro atoms. The Bertz CT molecular complexity index is 1320. The van der Waals surface area contributed by atoms with Crippen LogP contribution in [0, 0.1) is 5.92 Å².